The third kappa shape index (κ3) is 5.58. The number of pyridine rings is 1. The summed E-state index contributed by atoms with van der Waals surface area (Å²) in [5.74, 6) is 0.275. The highest BCUT2D eigenvalue weighted by atomic mass is 19.1. The van der Waals surface area contributed by atoms with E-state index in [0.29, 0.717) is 17.5 Å². The zero-order valence-corrected chi connectivity index (χ0v) is 15.5. The molecule has 0 aliphatic heterocycles. The van der Waals surface area contributed by atoms with Gasteiger partial charge in [0, 0.05) is 44.8 Å². The van der Waals surface area contributed by atoms with Gasteiger partial charge in [-0.3, -0.25) is 4.79 Å². The maximum absolute atomic E-state index is 13.2. The van der Waals surface area contributed by atoms with E-state index >= 15 is 0 Å². The van der Waals surface area contributed by atoms with Gasteiger partial charge < -0.3 is 24.7 Å². The van der Waals surface area contributed by atoms with Gasteiger partial charge in [-0.1, -0.05) is 12.1 Å². The second kappa shape index (κ2) is 8.91. The van der Waals surface area contributed by atoms with Crippen LogP contribution in [0.15, 0.2) is 48.8 Å². The number of rotatable bonds is 8. The Hall–Kier alpha value is -3.82. The maximum Gasteiger partial charge on any atom is 0.381 e. The molecule has 0 aliphatic carbocycles. The van der Waals surface area contributed by atoms with Gasteiger partial charge in [0.15, 0.2) is 0 Å². The third-order valence-electron chi connectivity index (χ3n) is 4.04. The van der Waals surface area contributed by atoms with Crippen LogP contribution < -0.4 is 10.1 Å². The molecule has 3 rings (SSSR count). The van der Waals surface area contributed by atoms with E-state index in [0.717, 1.165) is 5.56 Å². The summed E-state index contributed by atoms with van der Waals surface area (Å²) in [6.07, 6.45) is 3.02. The number of aryl methyl sites for hydroxylation is 2. The van der Waals surface area contributed by atoms with Crippen molar-refractivity contribution in [2.24, 2.45) is 0 Å². The lowest BCUT2D eigenvalue weighted by Crippen LogP contribution is -2.24. The first-order valence-corrected chi connectivity index (χ1v) is 8.74. The zero-order valence-electron chi connectivity index (χ0n) is 15.5. The molecule has 29 heavy (non-hydrogen) atoms. The van der Waals surface area contributed by atoms with Gasteiger partial charge in [0.05, 0.1) is 0 Å². The SMILES string of the molecule is Cc1nc([N+](=O)[O-])cn1CCC(=O)NCc1ccc(Oc2cccc(F)c2)nc1. The zero-order chi connectivity index (χ0) is 20.8. The minimum absolute atomic E-state index is 0.155. The molecule has 9 nitrogen and oxygen atoms in total. The van der Waals surface area contributed by atoms with Gasteiger partial charge in [-0.05, 0) is 27.6 Å². The standard InChI is InChI=1S/C19H18FN5O4/c1-13-23-17(25(27)28)12-24(13)8-7-18(26)21-10-14-5-6-19(22-11-14)29-16-4-2-3-15(20)9-16/h2-6,9,11-12H,7-8,10H2,1H3,(H,21,26). The van der Waals surface area contributed by atoms with Crippen molar-refractivity contribution in [2.75, 3.05) is 0 Å². The first-order valence-electron chi connectivity index (χ1n) is 8.74. The molecule has 1 aromatic carbocycles. The normalized spacial score (nSPS) is 10.6. The number of hydrogen-bond donors (Lipinski definition) is 1. The average molecular weight is 399 g/mol. The summed E-state index contributed by atoms with van der Waals surface area (Å²) >= 11 is 0. The van der Waals surface area contributed by atoms with Crippen LogP contribution >= 0.6 is 0 Å². The third-order valence-corrected chi connectivity index (χ3v) is 4.04. The van der Waals surface area contributed by atoms with Crippen LogP contribution in [0.25, 0.3) is 0 Å². The molecule has 1 amide bonds. The Kier molecular flexibility index (Phi) is 6.12. The topological polar surface area (TPSA) is 112 Å². The molecule has 0 radical (unpaired) electrons. The lowest BCUT2D eigenvalue weighted by molar-refractivity contribution is -0.389. The minimum atomic E-state index is -0.571. The van der Waals surface area contributed by atoms with Gasteiger partial charge in [0.1, 0.15) is 17.8 Å². The smallest absolute Gasteiger partial charge is 0.381 e. The molecule has 3 aromatic rings. The first kappa shape index (κ1) is 19.9. The van der Waals surface area contributed by atoms with Gasteiger partial charge in [-0.2, -0.15) is 0 Å². The average Bonchev–Trinajstić information content (AvgIpc) is 3.07. The molecule has 0 aliphatic rings. The number of imidazole rings is 1. The van der Waals surface area contributed by atoms with E-state index in [1.807, 2.05) is 0 Å². The van der Waals surface area contributed by atoms with Crippen molar-refractivity contribution in [3.8, 4) is 11.6 Å². The minimum Gasteiger partial charge on any atom is -0.439 e. The molecule has 0 unspecified atom stereocenters. The summed E-state index contributed by atoms with van der Waals surface area (Å²) in [5, 5.41) is 13.5. The summed E-state index contributed by atoms with van der Waals surface area (Å²) in [6, 6.07) is 9.10. The van der Waals surface area contributed by atoms with Crippen LogP contribution in [0.1, 0.15) is 17.8 Å². The predicted octanol–water partition coefficient (Wildman–Crippen LogP) is 3.13. The fraction of sp³-hybridized carbons (Fsp3) is 0.211. The van der Waals surface area contributed by atoms with E-state index in [1.165, 1.54) is 24.4 Å². The van der Waals surface area contributed by atoms with Gasteiger partial charge in [-0.25, -0.2) is 9.37 Å². The number of ether oxygens (including phenoxy) is 1. The summed E-state index contributed by atoms with van der Waals surface area (Å²) in [5.41, 5.74) is 0.763. The molecular formula is C19H18FN5O4. The lowest BCUT2D eigenvalue weighted by Gasteiger charge is -2.08. The van der Waals surface area contributed by atoms with Gasteiger partial charge in [-0.15, -0.1) is 0 Å². The highest BCUT2D eigenvalue weighted by Crippen LogP contribution is 2.20. The second-order valence-electron chi connectivity index (χ2n) is 6.19. The van der Waals surface area contributed by atoms with Crippen molar-refractivity contribution < 1.29 is 18.8 Å². The number of carbonyl (C=O) groups excluding carboxylic acids is 1. The van der Waals surface area contributed by atoms with E-state index in [4.69, 9.17) is 4.74 Å². The fourth-order valence-corrected chi connectivity index (χ4v) is 2.54. The molecule has 0 saturated heterocycles. The molecule has 2 aromatic heterocycles. The number of aromatic nitrogens is 3. The Morgan fingerprint density at radius 1 is 1.34 bits per heavy atom. The van der Waals surface area contributed by atoms with Crippen molar-refractivity contribution in [1.29, 1.82) is 0 Å². The number of amides is 1. The highest BCUT2D eigenvalue weighted by Gasteiger charge is 2.15. The molecule has 10 heteroatoms. The van der Waals surface area contributed by atoms with E-state index in [1.54, 1.807) is 35.9 Å². The number of nitrogens with zero attached hydrogens (tertiary/aromatic N) is 4. The van der Waals surface area contributed by atoms with Gasteiger partial charge in [0.25, 0.3) is 0 Å². The van der Waals surface area contributed by atoms with Crippen molar-refractivity contribution in [3.63, 3.8) is 0 Å². The molecule has 2 heterocycles. The molecule has 0 fully saturated rings. The fourth-order valence-electron chi connectivity index (χ4n) is 2.54. The first-order chi connectivity index (χ1) is 13.9. The van der Waals surface area contributed by atoms with Gasteiger partial charge >= 0.3 is 5.82 Å². The van der Waals surface area contributed by atoms with E-state index in [2.05, 4.69) is 15.3 Å². The van der Waals surface area contributed by atoms with Crippen molar-refractivity contribution in [2.45, 2.75) is 26.4 Å². The van der Waals surface area contributed by atoms with E-state index in [-0.39, 0.29) is 31.2 Å². The van der Waals surface area contributed by atoms with E-state index < -0.39 is 10.7 Å². The Bertz CT molecular complexity index is 1020. The monoisotopic (exact) mass is 399 g/mol. The Morgan fingerprint density at radius 3 is 2.83 bits per heavy atom. The maximum atomic E-state index is 13.2. The van der Waals surface area contributed by atoms with Crippen LogP contribution in [0.4, 0.5) is 10.2 Å². The Balaban J connectivity index is 1.47. The van der Waals surface area contributed by atoms with Crippen LogP contribution in [-0.2, 0) is 17.9 Å². The number of nitrogens with one attached hydrogen (secondary N) is 1. The molecule has 0 bridgehead atoms. The Labute approximate surface area is 165 Å². The lowest BCUT2D eigenvalue weighted by atomic mass is 10.2. The van der Waals surface area contributed by atoms with Crippen LogP contribution in [0.5, 0.6) is 11.6 Å². The number of benzene rings is 1. The molecule has 0 spiro atoms. The summed E-state index contributed by atoms with van der Waals surface area (Å²) < 4.78 is 20.2. The van der Waals surface area contributed by atoms with Crippen LogP contribution in [0, 0.1) is 22.9 Å². The highest BCUT2D eigenvalue weighted by molar-refractivity contribution is 5.75. The Morgan fingerprint density at radius 2 is 2.17 bits per heavy atom. The number of hydrogen-bond acceptors (Lipinski definition) is 6. The second-order valence-corrected chi connectivity index (χ2v) is 6.19. The van der Waals surface area contributed by atoms with Crippen molar-refractivity contribution in [1.82, 2.24) is 19.9 Å². The molecule has 1 N–H and O–H groups in total. The summed E-state index contributed by atoms with van der Waals surface area (Å²) in [6.45, 7) is 2.20. The number of carbonyl (C=O) groups is 1. The van der Waals surface area contributed by atoms with Crippen LogP contribution in [0.3, 0.4) is 0 Å². The van der Waals surface area contributed by atoms with Crippen molar-refractivity contribution >= 4 is 11.7 Å². The summed E-state index contributed by atoms with van der Waals surface area (Å²) in [4.78, 5) is 30.1. The quantitative estimate of drug-likeness (QED) is 0.460. The number of nitro groups is 1. The van der Waals surface area contributed by atoms with Gasteiger partial charge in [0.2, 0.25) is 17.6 Å². The van der Waals surface area contributed by atoms with Crippen molar-refractivity contribution in [3.05, 3.63) is 76.1 Å². The largest absolute Gasteiger partial charge is 0.439 e. The molecular weight excluding hydrogens is 381 g/mol. The van der Waals surface area contributed by atoms with Crippen LogP contribution in [-0.4, -0.2) is 25.4 Å². The number of halogens is 1. The molecule has 150 valence electrons. The molecule has 0 atom stereocenters. The predicted molar refractivity (Wildman–Crippen MR) is 101 cm³/mol. The van der Waals surface area contributed by atoms with E-state index in [9.17, 15) is 19.3 Å². The molecule has 0 saturated carbocycles. The summed E-state index contributed by atoms with van der Waals surface area (Å²) in [7, 11) is 0. The van der Waals surface area contributed by atoms with Crippen LogP contribution in [0.2, 0.25) is 0 Å².